The van der Waals surface area contributed by atoms with Crippen molar-refractivity contribution >= 4 is 0 Å². The molecule has 1 atom stereocenters. The molecule has 0 heterocycles. The molecule has 0 aromatic carbocycles. The van der Waals surface area contributed by atoms with Crippen molar-refractivity contribution < 1.29 is 4.39 Å². The van der Waals surface area contributed by atoms with Crippen LogP contribution >= 0.6 is 0 Å². The maximum absolute atomic E-state index is 13.0. The molecule has 0 spiro atoms. The van der Waals surface area contributed by atoms with Gasteiger partial charge in [0.15, 0.2) is 0 Å². The van der Waals surface area contributed by atoms with Gasteiger partial charge in [-0.15, -0.1) is 0 Å². The summed E-state index contributed by atoms with van der Waals surface area (Å²) in [6.45, 7) is 3.75. The molecule has 1 fully saturated rings. The Morgan fingerprint density at radius 1 is 1.44 bits per heavy atom. The minimum atomic E-state index is -0.794. The average molecular weight is 131 g/mol. The molecule has 0 amide bonds. The van der Waals surface area contributed by atoms with Crippen LogP contribution in [0.5, 0.6) is 0 Å². The van der Waals surface area contributed by atoms with E-state index in [0.29, 0.717) is 0 Å². The van der Waals surface area contributed by atoms with Gasteiger partial charge in [0.05, 0.1) is 0 Å². The molecule has 1 aliphatic rings. The van der Waals surface area contributed by atoms with Crippen LogP contribution in [0.3, 0.4) is 0 Å². The van der Waals surface area contributed by atoms with E-state index in [1.807, 2.05) is 13.8 Å². The molecule has 0 aromatic heterocycles. The first-order valence-corrected chi connectivity index (χ1v) is 3.49. The summed E-state index contributed by atoms with van der Waals surface area (Å²) in [7, 11) is 0. The lowest BCUT2D eigenvalue weighted by Gasteiger charge is -2.17. The smallest absolute Gasteiger partial charge is 0.120 e. The normalized spacial score (nSPS) is 26.3. The SMILES string of the molecule is CC(C)C(F)C1(N)CC1. The first-order chi connectivity index (χ1) is 4.06. The van der Waals surface area contributed by atoms with Gasteiger partial charge in [0.25, 0.3) is 0 Å². The van der Waals surface area contributed by atoms with Crippen LogP contribution in [0.15, 0.2) is 0 Å². The van der Waals surface area contributed by atoms with Crippen molar-refractivity contribution in [2.24, 2.45) is 11.7 Å². The predicted octanol–water partition coefficient (Wildman–Crippen LogP) is 1.47. The maximum atomic E-state index is 13.0. The summed E-state index contributed by atoms with van der Waals surface area (Å²) < 4.78 is 13.0. The monoisotopic (exact) mass is 131 g/mol. The van der Waals surface area contributed by atoms with E-state index in [9.17, 15) is 4.39 Å². The quantitative estimate of drug-likeness (QED) is 0.603. The number of nitrogens with two attached hydrogens (primary N) is 1. The van der Waals surface area contributed by atoms with Crippen LogP contribution in [0.2, 0.25) is 0 Å². The lowest BCUT2D eigenvalue weighted by atomic mass is 10.0. The largest absolute Gasteiger partial charge is 0.323 e. The molecule has 0 radical (unpaired) electrons. The average Bonchev–Trinajstić information content (AvgIpc) is 2.47. The molecule has 1 aliphatic carbocycles. The number of rotatable bonds is 2. The Balaban J connectivity index is 2.42. The van der Waals surface area contributed by atoms with Crippen LogP contribution in [0.4, 0.5) is 4.39 Å². The molecule has 54 valence electrons. The van der Waals surface area contributed by atoms with Crippen LogP contribution in [0.1, 0.15) is 26.7 Å². The summed E-state index contributed by atoms with van der Waals surface area (Å²) in [4.78, 5) is 0. The minimum absolute atomic E-state index is 0.0810. The second kappa shape index (κ2) is 1.94. The Morgan fingerprint density at radius 2 is 1.89 bits per heavy atom. The molecule has 1 rings (SSSR count). The van der Waals surface area contributed by atoms with Crippen LogP contribution in [-0.2, 0) is 0 Å². The highest BCUT2D eigenvalue weighted by Gasteiger charge is 2.47. The molecule has 0 aliphatic heterocycles. The third kappa shape index (κ3) is 1.23. The number of halogens is 1. The predicted molar refractivity (Wildman–Crippen MR) is 35.9 cm³/mol. The van der Waals surface area contributed by atoms with Gasteiger partial charge in [-0.2, -0.15) is 0 Å². The second-order valence-corrected chi connectivity index (χ2v) is 3.38. The van der Waals surface area contributed by atoms with Gasteiger partial charge in [-0.05, 0) is 18.8 Å². The number of hydrogen-bond acceptors (Lipinski definition) is 1. The van der Waals surface area contributed by atoms with Gasteiger partial charge in [0.2, 0.25) is 0 Å². The molecule has 1 saturated carbocycles. The van der Waals surface area contributed by atoms with E-state index < -0.39 is 11.7 Å². The Bertz CT molecular complexity index is 107. The standard InChI is InChI=1S/C7H14FN/c1-5(2)6(8)7(9)3-4-7/h5-6H,3-4,9H2,1-2H3. The third-order valence-corrected chi connectivity index (χ3v) is 1.96. The van der Waals surface area contributed by atoms with Gasteiger partial charge in [0, 0.05) is 5.54 Å². The van der Waals surface area contributed by atoms with E-state index in [1.165, 1.54) is 0 Å². The van der Waals surface area contributed by atoms with Crippen molar-refractivity contribution in [3.8, 4) is 0 Å². The molecule has 2 heteroatoms. The van der Waals surface area contributed by atoms with Gasteiger partial charge in [-0.3, -0.25) is 0 Å². The maximum Gasteiger partial charge on any atom is 0.120 e. The van der Waals surface area contributed by atoms with E-state index in [0.717, 1.165) is 12.8 Å². The fraction of sp³-hybridized carbons (Fsp3) is 1.00. The van der Waals surface area contributed by atoms with Crippen molar-refractivity contribution in [3.63, 3.8) is 0 Å². The lowest BCUT2D eigenvalue weighted by Crippen LogP contribution is -2.37. The van der Waals surface area contributed by atoms with Crippen molar-refractivity contribution in [3.05, 3.63) is 0 Å². The first-order valence-electron chi connectivity index (χ1n) is 3.49. The minimum Gasteiger partial charge on any atom is -0.323 e. The number of hydrogen-bond donors (Lipinski definition) is 1. The van der Waals surface area contributed by atoms with Crippen LogP contribution in [0.25, 0.3) is 0 Å². The molecule has 0 bridgehead atoms. The third-order valence-electron chi connectivity index (χ3n) is 1.96. The van der Waals surface area contributed by atoms with Gasteiger partial charge < -0.3 is 5.73 Å². The zero-order valence-corrected chi connectivity index (χ0v) is 6.02. The molecule has 9 heavy (non-hydrogen) atoms. The topological polar surface area (TPSA) is 26.0 Å². The fourth-order valence-electron chi connectivity index (χ4n) is 1.08. The molecule has 0 aromatic rings. The lowest BCUT2D eigenvalue weighted by molar-refractivity contribution is 0.202. The Kier molecular flexibility index (Phi) is 1.51. The molecule has 0 saturated heterocycles. The Hall–Kier alpha value is -0.110. The zero-order valence-electron chi connectivity index (χ0n) is 6.02. The van der Waals surface area contributed by atoms with Crippen LogP contribution < -0.4 is 5.73 Å². The highest BCUT2D eigenvalue weighted by atomic mass is 19.1. The summed E-state index contributed by atoms with van der Waals surface area (Å²) in [6.07, 6.45) is 0.941. The van der Waals surface area contributed by atoms with E-state index in [-0.39, 0.29) is 5.92 Å². The molecular weight excluding hydrogens is 117 g/mol. The summed E-state index contributed by atoms with van der Waals surface area (Å²) in [5.41, 5.74) is 5.18. The Morgan fingerprint density at radius 3 is 2.00 bits per heavy atom. The van der Waals surface area contributed by atoms with Crippen LogP contribution in [0, 0.1) is 5.92 Å². The zero-order chi connectivity index (χ0) is 7.07. The summed E-state index contributed by atoms with van der Waals surface area (Å²) >= 11 is 0. The summed E-state index contributed by atoms with van der Waals surface area (Å²) in [5.74, 6) is 0.0810. The van der Waals surface area contributed by atoms with E-state index in [4.69, 9.17) is 5.73 Å². The van der Waals surface area contributed by atoms with Gasteiger partial charge >= 0.3 is 0 Å². The summed E-state index contributed by atoms with van der Waals surface area (Å²) in [6, 6.07) is 0. The second-order valence-electron chi connectivity index (χ2n) is 3.38. The Labute approximate surface area is 55.4 Å². The highest BCUT2D eigenvalue weighted by molar-refractivity contribution is 5.05. The van der Waals surface area contributed by atoms with Crippen molar-refractivity contribution in [1.82, 2.24) is 0 Å². The van der Waals surface area contributed by atoms with Gasteiger partial charge in [-0.25, -0.2) is 4.39 Å². The number of alkyl halides is 1. The molecule has 1 nitrogen and oxygen atoms in total. The van der Waals surface area contributed by atoms with Crippen molar-refractivity contribution in [2.45, 2.75) is 38.4 Å². The van der Waals surface area contributed by atoms with E-state index in [2.05, 4.69) is 0 Å². The van der Waals surface area contributed by atoms with Gasteiger partial charge in [0.1, 0.15) is 6.17 Å². The van der Waals surface area contributed by atoms with Crippen molar-refractivity contribution in [1.29, 1.82) is 0 Å². The van der Waals surface area contributed by atoms with E-state index in [1.54, 1.807) is 0 Å². The highest BCUT2D eigenvalue weighted by Crippen LogP contribution is 2.40. The van der Waals surface area contributed by atoms with Crippen molar-refractivity contribution in [2.75, 3.05) is 0 Å². The van der Waals surface area contributed by atoms with Crippen LogP contribution in [-0.4, -0.2) is 11.7 Å². The molecular formula is C7H14FN. The van der Waals surface area contributed by atoms with E-state index >= 15 is 0 Å². The summed E-state index contributed by atoms with van der Waals surface area (Å²) in [5, 5.41) is 0. The molecule has 2 N–H and O–H groups in total. The molecule has 1 unspecified atom stereocenters. The first kappa shape index (κ1) is 7.00. The van der Waals surface area contributed by atoms with Gasteiger partial charge in [-0.1, -0.05) is 13.8 Å². The fourth-order valence-corrected chi connectivity index (χ4v) is 1.08.